The van der Waals surface area contributed by atoms with Gasteiger partial charge in [-0.3, -0.25) is 0 Å². The zero-order valence-electron chi connectivity index (χ0n) is 20.9. The molecule has 3 aromatic carbocycles. The fourth-order valence-electron chi connectivity index (χ4n) is 4.38. The van der Waals surface area contributed by atoms with Crippen LogP contribution < -0.4 is 9.46 Å². The lowest BCUT2D eigenvalue weighted by atomic mass is 10.2. The number of sulfonamides is 2. The Balaban J connectivity index is 1.24. The van der Waals surface area contributed by atoms with Gasteiger partial charge >= 0.3 is 0 Å². The quantitative estimate of drug-likeness (QED) is 0.309. The molecule has 0 unspecified atom stereocenters. The van der Waals surface area contributed by atoms with Gasteiger partial charge in [-0.05, 0) is 80.4 Å². The minimum atomic E-state index is -3.93. The number of halogens is 2. The first kappa shape index (κ1) is 27.5. The van der Waals surface area contributed by atoms with Crippen molar-refractivity contribution in [2.24, 2.45) is 0 Å². The van der Waals surface area contributed by atoms with E-state index >= 15 is 0 Å². The maximum absolute atomic E-state index is 13.3. The summed E-state index contributed by atoms with van der Waals surface area (Å²) in [5.41, 5.74) is 1.36. The first-order chi connectivity index (χ1) is 18.5. The van der Waals surface area contributed by atoms with Crippen LogP contribution in [0.5, 0.6) is 5.75 Å². The van der Waals surface area contributed by atoms with Gasteiger partial charge in [0.05, 0.1) is 38.3 Å². The normalized spacial score (nSPS) is 15.6. The van der Waals surface area contributed by atoms with E-state index in [4.69, 9.17) is 16.3 Å². The Hall–Kier alpha value is -3.03. The Morgan fingerprint density at radius 3 is 2.31 bits per heavy atom. The molecule has 4 aromatic rings. The van der Waals surface area contributed by atoms with Gasteiger partial charge < -0.3 is 4.74 Å². The van der Waals surface area contributed by atoms with Crippen LogP contribution in [0.15, 0.2) is 76.7 Å². The fourth-order valence-corrected chi connectivity index (χ4v) is 7.33. The van der Waals surface area contributed by atoms with Gasteiger partial charge in [-0.1, -0.05) is 11.6 Å². The molecule has 39 heavy (non-hydrogen) atoms. The van der Waals surface area contributed by atoms with Gasteiger partial charge in [0.25, 0.3) is 0 Å². The SMILES string of the molecule is C[C@@H](COc1cc2cnn(-c3ccc(F)cc3)c2cc1Cl)NS(=O)(=O)c1ccc(S(=O)(=O)N2CCCC2)cc1. The Bertz CT molecular complexity index is 1700. The molecule has 0 bridgehead atoms. The Morgan fingerprint density at radius 1 is 1.00 bits per heavy atom. The molecule has 1 aliphatic heterocycles. The summed E-state index contributed by atoms with van der Waals surface area (Å²) in [6.45, 7) is 2.56. The number of fused-ring (bicyclic) bond motifs is 1. The van der Waals surface area contributed by atoms with Crippen molar-refractivity contribution in [1.82, 2.24) is 18.8 Å². The molecule has 0 spiro atoms. The van der Waals surface area contributed by atoms with Crippen molar-refractivity contribution in [3.8, 4) is 11.4 Å². The van der Waals surface area contributed by atoms with Gasteiger partial charge in [-0.2, -0.15) is 9.40 Å². The summed E-state index contributed by atoms with van der Waals surface area (Å²) in [5, 5.41) is 5.38. The second-order valence-corrected chi connectivity index (χ2v) is 13.3. The highest BCUT2D eigenvalue weighted by Gasteiger charge is 2.28. The molecule has 1 fully saturated rings. The average Bonchev–Trinajstić information content (AvgIpc) is 3.59. The highest BCUT2D eigenvalue weighted by atomic mass is 35.5. The van der Waals surface area contributed by atoms with Crippen LogP contribution in [-0.4, -0.2) is 56.7 Å². The smallest absolute Gasteiger partial charge is 0.243 e. The van der Waals surface area contributed by atoms with Crippen molar-refractivity contribution in [3.63, 3.8) is 0 Å². The van der Waals surface area contributed by atoms with Gasteiger partial charge in [0.15, 0.2) is 0 Å². The average molecular weight is 593 g/mol. The van der Waals surface area contributed by atoms with E-state index in [-0.39, 0.29) is 22.2 Å². The molecule has 5 rings (SSSR count). The molecule has 1 aliphatic rings. The van der Waals surface area contributed by atoms with Crippen LogP contribution in [0.4, 0.5) is 4.39 Å². The Morgan fingerprint density at radius 2 is 1.64 bits per heavy atom. The summed E-state index contributed by atoms with van der Waals surface area (Å²) in [7, 11) is -7.57. The number of nitrogens with one attached hydrogen (secondary N) is 1. The third kappa shape index (κ3) is 5.80. The Labute approximate surface area is 231 Å². The molecule has 0 saturated carbocycles. The predicted molar refractivity (Wildman–Crippen MR) is 146 cm³/mol. The highest BCUT2D eigenvalue weighted by molar-refractivity contribution is 7.89. The van der Waals surface area contributed by atoms with Crippen molar-refractivity contribution < 1.29 is 26.0 Å². The van der Waals surface area contributed by atoms with E-state index in [9.17, 15) is 21.2 Å². The maximum atomic E-state index is 13.3. The molecule has 206 valence electrons. The maximum Gasteiger partial charge on any atom is 0.243 e. The largest absolute Gasteiger partial charge is 0.490 e. The van der Waals surface area contributed by atoms with Crippen LogP contribution in [0.2, 0.25) is 5.02 Å². The van der Waals surface area contributed by atoms with Crippen molar-refractivity contribution in [2.75, 3.05) is 19.7 Å². The van der Waals surface area contributed by atoms with E-state index in [0.29, 0.717) is 35.1 Å². The summed E-state index contributed by atoms with van der Waals surface area (Å²) in [6.07, 6.45) is 3.25. The van der Waals surface area contributed by atoms with E-state index in [2.05, 4.69) is 9.82 Å². The molecule has 9 nitrogen and oxygen atoms in total. The standard InChI is InChI=1S/C26H26ClFN4O5S2/c1-18(30-38(33,34)22-8-10-23(11-9-22)39(35,36)31-12-2-3-13-31)17-37-26-14-19-16-29-32(25(19)15-24(26)27)21-6-4-20(28)5-7-21/h4-11,14-16,18,30H,2-3,12-13,17H2,1H3/t18-/m0/s1. The van der Waals surface area contributed by atoms with Gasteiger partial charge in [0, 0.05) is 18.5 Å². The Kier molecular flexibility index (Phi) is 7.66. The third-order valence-corrected chi connectivity index (χ3v) is 10.2. The van der Waals surface area contributed by atoms with Crippen LogP contribution in [0, 0.1) is 5.82 Å². The number of ether oxygens (including phenoxy) is 1. The highest BCUT2D eigenvalue weighted by Crippen LogP contribution is 2.31. The van der Waals surface area contributed by atoms with E-state index in [0.717, 1.165) is 18.2 Å². The lowest BCUT2D eigenvalue weighted by Gasteiger charge is -2.17. The molecule has 0 aliphatic carbocycles. The molecule has 2 heterocycles. The summed E-state index contributed by atoms with van der Waals surface area (Å²) in [6, 6.07) is 13.8. The van der Waals surface area contributed by atoms with Gasteiger partial charge in [-0.15, -0.1) is 0 Å². The summed E-state index contributed by atoms with van der Waals surface area (Å²) >= 11 is 6.44. The molecule has 13 heteroatoms. The third-order valence-electron chi connectivity index (χ3n) is 6.37. The van der Waals surface area contributed by atoms with Gasteiger partial charge in [0.1, 0.15) is 18.2 Å². The van der Waals surface area contributed by atoms with Crippen LogP contribution >= 0.6 is 11.6 Å². The summed E-state index contributed by atoms with van der Waals surface area (Å²) < 4.78 is 75.8. The molecular weight excluding hydrogens is 567 g/mol. The number of benzene rings is 3. The lowest BCUT2D eigenvalue weighted by molar-refractivity contribution is 0.288. The fraction of sp³-hybridized carbons (Fsp3) is 0.269. The first-order valence-electron chi connectivity index (χ1n) is 12.2. The second-order valence-electron chi connectivity index (χ2n) is 9.29. The predicted octanol–water partition coefficient (Wildman–Crippen LogP) is 4.35. The van der Waals surface area contributed by atoms with Gasteiger partial charge in [-0.25, -0.2) is 30.6 Å². The molecule has 1 N–H and O–H groups in total. The number of hydrogen-bond acceptors (Lipinski definition) is 6. The second kappa shape index (κ2) is 10.9. The van der Waals surface area contributed by atoms with E-state index < -0.39 is 26.1 Å². The molecule has 1 saturated heterocycles. The number of nitrogens with zero attached hydrogens (tertiary/aromatic N) is 3. The van der Waals surface area contributed by atoms with Gasteiger partial charge in [0.2, 0.25) is 20.0 Å². The minimum Gasteiger partial charge on any atom is -0.490 e. The zero-order chi connectivity index (χ0) is 27.8. The van der Waals surface area contributed by atoms with Crippen molar-refractivity contribution in [2.45, 2.75) is 35.6 Å². The zero-order valence-corrected chi connectivity index (χ0v) is 23.3. The van der Waals surface area contributed by atoms with E-state index in [1.165, 1.54) is 40.7 Å². The minimum absolute atomic E-state index is 0.0159. The molecule has 0 radical (unpaired) electrons. The van der Waals surface area contributed by atoms with Crippen LogP contribution in [0.25, 0.3) is 16.6 Å². The molecular formula is C26H26ClFN4O5S2. The topological polar surface area (TPSA) is 111 Å². The summed E-state index contributed by atoms with van der Waals surface area (Å²) in [5.74, 6) is 0.00139. The van der Waals surface area contributed by atoms with Crippen LogP contribution in [-0.2, 0) is 20.0 Å². The van der Waals surface area contributed by atoms with E-state index in [1.807, 2.05) is 0 Å². The summed E-state index contributed by atoms with van der Waals surface area (Å²) in [4.78, 5) is 0.00916. The van der Waals surface area contributed by atoms with Crippen LogP contribution in [0.1, 0.15) is 19.8 Å². The molecule has 1 aromatic heterocycles. The molecule has 0 amide bonds. The van der Waals surface area contributed by atoms with E-state index in [1.54, 1.807) is 42.1 Å². The molecule has 1 atom stereocenters. The first-order valence-corrected chi connectivity index (χ1v) is 15.5. The number of aromatic nitrogens is 2. The van der Waals surface area contributed by atoms with Crippen molar-refractivity contribution in [1.29, 1.82) is 0 Å². The monoisotopic (exact) mass is 592 g/mol. The number of hydrogen-bond donors (Lipinski definition) is 1. The van der Waals surface area contributed by atoms with Crippen molar-refractivity contribution in [3.05, 3.63) is 77.7 Å². The van der Waals surface area contributed by atoms with Crippen molar-refractivity contribution >= 4 is 42.6 Å². The lowest BCUT2D eigenvalue weighted by Crippen LogP contribution is -2.36. The number of rotatable bonds is 9. The van der Waals surface area contributed by atoms with Crippen LogP contribution in [0.3, 0.4) is 0 Å².